The third-order valence-electron chi connectivity index (χ3n) is 4.59. The standard InChI is InChI=1S/C24H24ClN3O4/c1-3-28-13-7-9-19(24(28)30)23(29)27-26-15-17-11-12-21(22(14-17)31-4-2)32-16-18-8-5-6-10-20(18)25/h5-15H,3-4,16H2,1-2H3,(H,27,29)/b26-15-. The van der Waals surface area contributed by atoms with Crippen LogP contribution in [0.1, 0.15) is 35.3 Å². The fraction of sp³-hybridized carbons (Fsp3) is 0.208. The Morgan fingerprint density at radius 3 is 2.66 bits per heavy atom. The third kappa shape index (κ3) is 5.76. The zero-order valence-corrected chi connectivity index (χ0v) is 18.6. The Morgan fingerprint density at radius 1 is 1.09 bits per heavy atom. The number of amides is 1. The summed E-state index contributed by atoms with van der Waals surface area (Å²) in [6.07, 6.45) is 3.10. The molecule has 3 rings (SSSR count). The molecule has 1 aromatic heterocycles. The number of nitrogens with zero attached hydrogens (tertiary/aromatic N) is 2. The number of ether oxygens (including phenoxy) is 2. The van der Waals surface area contributed by atoms with Crippen LogP contribution in [-0.2, 0) is 13.2 Å². The number of rotatable bonds is 9. The highest BCUT2D eigenvalue weighted by atomic mass is 35.5. The van der Waals surface area contributed by atoms with E-state index in [0.717, 1.165) is 5.56 Å². The van der Waals surface area contributed by atoms with E-state index in [2.05, 4.69) is 10.5 Å². The average Bonchev–Trinajstić information content (AvgIpc) is 2.80. The molecule has 0 saturated carbocycles. The highest BCUT2D eigenvalue weighted by Crippen LogP contribution is 2.29. The molecule has 0 radical (unpaired) electrons. The van der Waals surface area contributed by atoms with E-state index in [1.54, 1.807) is 30.5 Å². The molecule has 0 atom stereocenters. The third-order valence-corrected chi connectivity index (χ3v) is 4.96. The molecule has 0 saturated heterocycles. The molecule has 1 N–H and O–H groups in total. The molecule has 8 heteroatoms. The van der Waals surface area contributed by atoms with Crippen molar-refractivity contribution < 1.29 is 14.3 Å². The van der Waals surface area contributed by atoms with Crippen LogP contribution in [0, 0.1) is 0 Å². The van der Waals surface area contributed by atoms with Gasteiger partial charge in [0.15, 0.2) is 11.5 Å². The second-order valence-corrected chi connectivity index (χ2v) is 7.14. The summed E-state index contributed by atoms with van der Waals surface area (Å²) in [6.45, 7) is 4.95. The minimum Gasteiger partial charge on any atom is -0.490 e. The summed E-state index contributed by atoms with van der Waals surface area (Å²) < 4.78 is 13.0. The fourth-order valence-electron chi connectivity index (χ4n) is 2.95. The minimum atomic E-state index is -0.571. The van der Waals surface area contributed by atoms with Gasteiger partial charge in [-0.3, -0.25) is 9.59 Å². The second-order valence-electron chi connectivity index (χ2n) is 6.73. The van der Waals surface area contributed by atoms with E-state index in [-0.39, 0.29) is 11.1 Å². The first kappa shape index (κ1) is 23.1. The van der Waals surface area contributed by atoms with E-state index in [4.69, 9.17) is 21.1 Å². The van der Waals surface area contributed by atoms with Crippen LogP contribution in [-0.4, -0.2) is 23.3 Å². The number of benzene rings is 2. The van der Waals surface area contributed by atoms with Crippen LogP contribution in [0.3, 0.4) is 0 Å². The van der Waals surface area contributed by atoms with E-state index in [1.165, 1.54) is 16.8 Å². The molecular formula is C24H24ClN3O4. The lowest BCUT2D eigenvalue weighted by atomic mass is 10.2. The van der Waals surface area contributed by atoms with Gasteiger partial charge in [-0.1, -0.05) is 29.8 Å². The first-order chi connectivity index (χ1) is 15.5. The molecule has 0 spiro atoms. The van der Waals surface area contributed by atoms with Gasteiger partial charge in [0.25, 0.3) is 11.5 Å². The Bertz CT molecular complexity index is 1170. The van der Waals surface area contributed by atoms with E-state index < -0.39 is 5.91 Å². The van der Waals surface area contributed by atoms with Crippen molar-refractivity contribution >= 4 is 23.7 Å². The highest BCUT2D eigenvalue weighted by molar-refractivity contribution is 6.31. The zero-order chi connectivity index (χ0) is 22.9. The molecule has 0 aliphatic heterocycles. The van der Waals surface area contributed by atoms with Crippen molar-refractivity contribution in [2.24, 2.45) is 5.10 Å². The van der Waals surface area contributed by atoms with Gasteiger partial charge in [0.1, 0.15) is 12.2 Å². The molecule has 1 heterocycles. The van der Waals surface area contributed by atoms with Crippen LogP contribution in [0.2, 0.25) is 5.02 Å². The van der Waals surface area contributed by atoms with Gasteiger partial charge in [-0.2, -0.15) is 5.10 Å². The van der Waals surface area contributed by atoms with E-state index in [0.29, 0.717) is 41.8 Å². The minimum absolute atomic E-state index is 0.0322. The number of aryl methyl sites for hydroxylation is 1. The van der Waals surface area contributed by atoms with Gasteiger partial charge in [-0.05, 0) is 55.8 Å². The predicted octanol–water partition coefficient (Wildman–Crippen LogP) is 4.26. The monoisotopic (exact) mass is 453 g/mol. The van der Waals surface area contributed by atoms with E-state index in [9.17, 15) is 9.59 Å². The van der Waals surface area contributed by atoms with Crippen molar-refractivity contribution in [2.75, 3.05) is 6.61 Å². The van der Waals surface area contributed by atoms with Crippen LogP contribution in [0.5, 0.6) is 11.5 Å². The molecular weight excluding hydrogens is 430 g/mol. The van der Waals surface area contributed by atoms with Crippen LogP contribution in [0.15, 0.2) is 70.7 Å². The van der Waals surface area contributed by atoms with Gasteiger partial charge in [-0.25, -0.2) is 5.43 Å². The van der Waals surface area contributed by atoms with Gasteiger partial charge < -0.3 is 14.0 Å². The second kappa shape index (κ2) is 11.2. The van der Waals surface area contributed by atoms with Gasteiger partial charge >= 0.3 is 0 Å². The van der Waals surface area contributed by atoms with Crippen LogP contribution in [0.25, 0.3) is 0 Å². The Labute approximate surface area is 191 Å². The Balaban J connectivity index is 1.69. The van der Waals surface area contributed by atoms with Gasteiger partial charge in [-0.15, -0.1) is 0 Å². The van der Waals surface area contributed by atoms with Gasteiger partial charge in [0, 0.05) is 23.3 Å². The number of pyridine rings is 1. The quantitative estimate of drug-likeness (QED) is 0.387. The zero-order valence-electron chi connectivity index (χ0n) is 17.9. The number of hydrogen-bond acceptors (Lipinski definition) is 5. The van der Waals surface area contributed by atoms with E-state index in [1.807, 2.05) is 38.1 Å². The number of nitrogens with one attached hydrogen (secondary N) is 1. The largest absolute Gasteiger partial charge is 0.490 e. The molecule has 3 aromatic rings. The van der Waals surface area contributed by atoms with Gasteiger partial charge in [0.05, 0.1) is 12.8 Å². The normalized spacial score (nSPS) is 10.8. The number of carbonyl (C=O) groups is 1. The number of hydrazone groups is 1. The first-order valence-electron chi connectivity index (χ1n) is 10.2. The summed E-state index contributed by atoms with van der Waals surface area (Å²) in [4.78, 5) is 24.5. The van der Waals surface area contributed by atoms with Crippen molar-refractivity contribution in [3.8, 4) is 11.5 Å². The van der Waals surface area contributed by atoms with Crippen LogP contribution >= 0.6 is 11.6 Å². The molecule has 1 amide bonds. The molecule has 0 fully saturated rings. The summed E-state index contributed by atoms with van der Waals surface area (Å²) in [5, 5.41) is 4.60. The van der Waals surface area contributed by atoms with Crippen molar-refractivity contribution in [2.45, 2.75) is 27.0 Å². The molecule has 32 heavy (non-hydrogen) atoms. The summed E-state index contributed by atoms with van der Waals surface area (Å²) in [7, 11) is 0. The lowest BCUT2D eigenvalue weighted by molar-refractivity contribution is 0.0953. The highest BCUT2D eigenvalue weighted by Gasteiger charge is 2.11. The molecule has 0 bridgehead atoms. The number of carbonyl (C=O) groups excluding carboxylic acids is 1. The summed E-state index contributed by atoms with van der Waals surface area (Å²) >= 11 is 6.19. The Morgan fingerprint density at radius 2 is 1.91 bits per heavy atom. The molecule has 0 aliphatic rings. The van der Waals surface area contributed by atoms with Crippen LogP contribution in [0.4, 0.5) is 0 Å². The molecule has 0 unspecified atom stereocenters. The molecule has 0 aliphatic carbocycles. The molecule has 166 valence electrons. The lowest BCUT2D eigenvalue weighted by Gasteiger charge is -2.13. The van der Waals surface area contributed by atoms with E-state index >= 15 is 0 Å². The summed E-state index contributed by atoms with van der Waals surface area (Å²) in [5.74, 6) is 0.542. The smallest absolute Gasteiger partial charge is 0.276 e. The number of halogens is 1. The predicted molar refractivity (Wildman–Crippen MR) is 125 cm³/mol. The maximum atomic E-state index is 12.3. The lowest BCUT2D eigenvalue weighted by Crippen LogP contribution is -2.30. The summed E-state index contributed by atoms with van der Waals surface area (Å²) in [6, 6.07) is 15.9. The molecule has 2 aromatic carbocycles. The fourth-order valence-corrected chi connectivity index (χ4v) is 3.14. The maximum absolute atomic E-state index is 12.3. The van der Waals surface area contributed by atoms with Crippen LogP contribution < -0.4 is 20.5 Å². The molecule has 7 nitrogen and oxygen atoms in total. The Hall–Kier alpha value is -3.58. The maximum Gasteiger partial charge on any atom is 0.276 e. The SMILES string of the molecule is CCOc1cc(/C=N\NC(=O)c2cccn(CC)c2=O)ccc1OCc1ccccc1Cl. The number of aromatic nitrogens is 1. The van der Waals surface area contributed by atoms with Crippen molar-refractivity contribution in [3.63, 3.8) is 0 Å². The topological polar surface area (TPSA) is 81.9 Å². The van der Waals surface area contributed by atoms with Crippen molar-refractivity contribution in [3.05, 3.63) is 92.9 Å². The summed E-state index contributed by atoms with van der Waals surface area (Å²) in [5.41, 5.74) is 3.62. The Kier molecular flexibility index (Phi) is 8.05. The van der Waals surface area contributed by atoms with Crippen molar-refractivity contribution in [1.29, 1.82) is 0 Å². The number of hydrogen-bond donors (Lipinski definition) is 1. The average molecular weight is 454 g/mol. The first-order valence-corrected chi connectivity index (χ1v) is 10.6. The van der Waals surface area contributed by atoms with Gasteiger partial charge in [0.2, 0.25) is 0 Å². The van der Waals surface area contributed by atoms with Crippen molar-refractivity contribution in [1.82, 2.24) is 9.99 Å².